The Kier molecular flexibility index (Phi) is 7.18. The van der Waals surface area contributed by atoms with E-state index in [4.69, 9.17) is 16.3 Å². The van der Waals surface area contributed by atoms with E-state index in [0.717, 1.165) is 11.6 Å². The zero-order valence-electron chi connectivity index (χ0n) is 16.7. The van der Waals surface area contributed by atoms with E-state index in [2.05, 4.69) is 4.98 Å². The Morgan fingerprint density at radius 2 is 1.84 bits per heavy atom. The van der Waals surface area contributed by atoms with Crippen LogP contribution in [0.1, 0.15) is 11.1 Å². The molecule has 0 spiro atoms. The summed E-state index contributed by atoms with van der Waals surface area (Å²) in [4.78, 5) is 17.8. The van der Waals surface area contributed by atoms with Crippen molar-refractivity contribution in [2.24, 2.45) is 0 Å². The number of benzene rings is 2. The van der Waals surface area contributed by atoms with E-state index in [1.807, 2.05) is 0 Å². The molecule has 2 aromatic carbocycles. The molecular weight excluding hydrogens is 567 g/mol. The van der Waals surface area contributed by atoms with Gasteiger partial charge in [-0.1, -0.05) is 23.7 Å². The van der Waals surface area contributed by atoms with E-state index in [-0.39, 0.29) is 30.2 Å². The Morgan fingerprint density at radius 3 is 2.44 bits per heavy atom. The lowest BCUT2D eigenvalue weighted by Gasteiger charge is -2.17. The van der Waals surface area contributed by atoms with Crippen molar-refractivity contribution < 1.29 is 27.1 Å². The third-order valence-electron chi connectivity index (χ3n) is 4.34. The number of anilines is 1. The molecule has 0 fully saturated rings. The zero-order chi connectivity index (χ0) is 23.6. The Bertz CT molecular complexity index is 1120. The molecule has 0 unspecified atom stereocenters. The minimum Gasteiger partial charge on any atom is -0.425 e. The van der Waals surface area contributed by atoms with Crippen molar-refractivity contribution >= 4 is 46.3 Å². The van der Waals surface area contributed by atoms with E-state index in [1.54, 1.807) is 54.2 Å². The minimum absolute atomic E-state index is 0.0783. The molecule has 0 aliphatic carbocycles. The molecule has 0 aliphatic heterocycles. The smallest absolute Gasteiger partial charge is 0.419 e. The van der Waals surface area contributed by atoms with Gasteiger partial charge in [-0.15, -0.1) is 0 Å². The van der Waals surface area contributed by atoms with Crippen LogP contribution < -0.4 is 9.64 Å². The summed E-state index contributed by atoms with van der Waals surface area (Å²) in [6.07, 6.45) is -3.36. The second-order valence-electron chi connectivity index (χ2n) is 6.70. The van der Waals surface area contributed by atoms with Gasteiger partial charge in [-0.3, -0.25) is 12.6 Å². The lowest BCUT2D eigenvalue weighted by molar-refractivity contribution is -0.140. The van der Waals surface area contributed by atoms with Gasteiger partial charge in [0, 0.05) is 19.1 Å². The normalized spacial score (nSPS) is 11.4. The number of rotatable bonds is 5. The minimum atomic E-state index is -4.88. The van der Waals surface area contributed by atoms with Crippen molar-refractivity contribution in [1.29, 1.82) is 0 Å². The highest BCUT2D eigenvalue weighted by Crippen LogP contribution is 2.35. The first kappa shape index (κ1) is 24.1. The van der Waals surface area contributed by atoms with Crippen LogP contribution in [-0.2, 0) is 12.7 Å². The van der Waals surface area contributed by atoms with Crippen LogP contribution >= 0.6 is 34.5 Å². The number of imidazole rings is 1. The molecule has 0 radical (unpaired) electrons. The predicted molar refractivity (Wildman–Crippen MR) is 120 cm³/mol. The number of urea groups is 1. The van der Waals surface area contributed by atoms with Crippen molar-refractivity contribution in [1.82, 2.24) is 12.7 Å². The second-order valence-corrected chi connectivity index (χ2v) is 8.58. The summed E-state index contributed by atoms with van der Waals surface area (Å²) < 4.78 is 61.2. The van der Waals surface area contributed by atoms with E-state index in [1.165, 1.54) is 25.8 Å². The van der Waals surface area contributed by atoms with Gasteiger partial charge in [0.25, 0.3) is 0 Å². The Labute approximate surface area is 199 Å². The molecule has 3 rings (SSSR count). The quantitative estimate of drug-likeness (QED) is 0.200. The number of amides is 2. The van der Waals surface area contributed by atoms with Gasteiger partial charge in [0.1, 0.15) is 11.6 Å². The molecule has 0 aliphatic rings. The standard InChI is InChI=1S/C20H16ClF4IN4O2/c1-28(19(31)29(2)26)17-11-30(10-12-3-5-13(21)6-4-12)18(27-17)32-14-7-8-16(22)15(9-14)20(23,24)25/h3-9,11H,10H2,1-2H3. The lowest BCUT2D eigenvalue weighted by atomic mass is 10.2. The topological polar surface area (TPSA) is 50.6 Å². The van der Waals surface area contributed by atoms with Crippen molar-refractivity contribution in [3.63, 3.8) is 0 Å². The zero-order valence-corrected chi connectivity index (χ0v) is 19.6. The number of carbonyl (C=O) groups is 1. The maximum Gasteiger partial charge on any atom is 0.419 e. The lowest BCUT2D eigenvalue weighted by Crippen LogP contribution is -2.33. The molecule has 0 saturated heterocycles. The van der Waals surface area contributed by atoms with Gasteiger partial charge in [0.2, 0.25) is 0 Å². The predicted octanol–water partition coefficient (Wildman–Crippen LogP) is 6.37. The van der Waals surface area contributed by atoms with Crippen molar-refractivity contribution in [2.75, 3.05) is 19.0 Å². The van der Waals surface area contributed by atoms with Gasteiger partial charge in [-0.25, -0.2) is 9.18 Å². The highest BCUT2D eigenvalue weighted by molar-refractivity contribution is 14.1. The van der Waals surface area contributed by atoms with Gasteiger partial charge in [0.15, 0.2) is 5.82 Å². The van der Waals surface area contributed by atoms with E-state index in [9.17, 15) is 22.4 Å². The Morgan fingerprint density at radius 1 is 1.19 bits per heavy atom. The van der Waals surface area contributed by atoms with Crippen LogP contribution in [0.4, 0.5) is 28.2 Å². The van der Waals surface area contributed by atoms with Gasteiger partial charge in [-0.2, -0.15) is 18.2 Å². The van der Waals surface area contributed by atoms with E-state index >= 15 is 0 Å². The van der Waals surface area contributed by atoms with Gasteiger partial charge in [0.05, 0.1) is 41.2 Å². The summed E-state index contributed by atoms with van der Waals surface area (Å²) in [5.41, 5.74) is -0.650. The number of alkyl halides is 3. The highest BCUT2D eigenvalue weighted by atomic mass is 127. The molecular formula is C20H16ClF4IN4O2. The number of halogens is 6. The molecule has 32 heavy (non-hydrogen) atoms. The summed E-state index contributed by atoms with van der Waals surface area (Å²) in [5, 5.41) is 0.540. The molecule has 0 bridgehead atoms. The summed E-state index contributed by atoms with van der Waals surface area (Å²) in [6.45, 7) is 0.231. The van der Waals surface area contributed by atoms with Crippen LogP contribution in [0.15, 0.2) is 48.7 Å². The Hall–Kier alpha value is -2.54. The maximum absolute atomic E-state index is 13.6. The average Bonchev–Trinajstić information content (AvgIpc) is 3.11. The summed E-state index contributed by atoms with van der Waals surface area (Å²) >= 11 is 7.71. The van der Waals surface area contributed by atoms with E-state index < -0.39 is 17.6 Å². The fourth-order valence-corrected chi connectivity index (χ4v) is 3.17. The van der Waals surface area contributed by atoms with Gasteiger partial charge in [-0.05, 0) is 35.9 Å². The first-order valence-electron chi connectivity index (χ1n) is 8.99. The number of nitrogens with zero attached hydrogens (tertiary/aromatic N) is 4. The highest BCUT2D eigenvalue weighted by Gasteiger charge is 2.34. The molecule has 2 amide bonds. The van der Waals surface area contributed by atoms with Crippen molar-refractivity contribution in [3.05, 3.63) is 70.6 Å². The largest absolute Gasteiger partial charge is 0.425 e. The fraction of sp³-hybridized carbons (Fsp3) is 0.200. The monoisotopic (exact) mass is 582 g/mol. The van der Waals surface area contributed by atoms with E-state index in [0.29, 0.717) is 17.2 Å². The molecule has 170 valence electrons. The SMILES string of the molecule is CN(I)C(=O)N(C)c1cn(Cc2ccc(Cl)cc2)c(Oc2ccc(F)c(C(F)(F)F)c2)n1. The summed E-state index contributed by atoms with van der Waals surface area (Å²) in [7, 11) is 3.05. The van der Waals surface area contributed by atoms with Crippen molar-refractivity contribution in [3.8, 4) is 11.8 Å². The van der Waals surface area contributed by atoms with Crippen LogP contribution in [0.3, 0.4) is 0 Å². The average molecular weight is 583 g/mol. The molecule has 0 N–H and O–H groups in total. The second kappa shape index (κ2) is 9.53. The number of carbonyl (C=O) groups excluding carboxylic acids is 1. The van der Waals surface area contributed by atoms with Crippen LogP contribution in [0, 0.1) is 5.82 Å². The molecule has 1 heterocycles. The first-order valence-corrected chi connectivity index (χ1v) is 10.3. The number of hydrogen-bond donors (Lipinski definition) is 0. The maximum atomic E-state index is 13.6. The third-order valence-corrected chi connectivity index (χ3v) is 5.00. The van der Waals surface area contributed by atoms with Crippen LogP contribution in [0.5, 0.6) is 11.8 Å². The number of hydrogen-bond acceptors (Lipinski definition) is 3. The molecule has 1 aromatic heterocycles. The molecule has 0 saturated carbocycles. The fourth-order valence-electron chi connectivity index (χ4n) is 2.72. The first-order chi connectivity index (χ1) is 15.0. The molecule has 0 atom stereocenters. The molecule has 3 aromatic rings. The van der Waals surface area contributed by atoms with Crippen LogP contribution in [0.25, 0.3) is 0 Å². The van der Waals surface area contributed by atoms with Gasteiger partial charge >= 0.3 is 18.2 Å². The van der Waals surface area contributed by atoms with Crippen LogP contribution in [0.2, 0.25) is 5.02 Å². The number of ether oxygens (including phenoxy) is 1. The molecule has 6 nitrogen and oxygen atoms in total. The third kappa shape index (κ3) is 5.63. The summed E-state index contributed by atoms with van der Waals surface area (Å²) in [5.74, 6) is -1.46. The summed E-state index contributed by atoms with van der Waals surface area (Å²) in [6, 6.07) is 8.74. The van der Waals surface area contributed by atoms with Crippen LogP contribution in [-0.4, -0.2) is 32.8 Å². The molecule has 12 heteroatoms. The van der Waals surface area contributed by atoms with Gasteiger partial charge < -0.3 is 4.74 Å². The Balaban J connectivity index is 1.99. The van der Waals surface area contributed by atoms with Crippen molar-refractivity contribution in [2.45, 2.75) is 12.7 Å². The number of aromatic nitrogens is 2.